The van der Waals surface area contributed by atoms with E-state index in [1.165, 1.54) is 66.1 Å². The molecule has 0 unspecified atom stereocenters. The predicted octanol–water partition coefficient (Wildman–Crippen LogP) is 25.1. The quantitative estimate of drug-likeness (QED) is 0.152. The fourth-order valence-electron chi connectivity index (χ4n) is 17.4. The SMILES string of the molecule is CC1(C)c2ccccc2-c2cccc(N(c3ccc4c(c3)oc3cc5c(cc34)oc3cc4c(cc35)oc3cc(N(c5cccc6c5C(C)(C)c5ccccc5-6)c5cccc6c7ccccc7n(-c7ccccc7)c56)ccc34)c3cccc4c5ccccc5n(-c5ccccc5)c34)c21. The minimum absolute atomic E-state index is 0.295. The van der Waals surface area contributed by atoms with E-state index in [9.17, 15) is 0 Å². The fraction of sp³-hybridized carbons (Fsp3) is 0.0667. The van der Waals surface area contributed by atoms with Crippen molar-refractivity contribution in [2.75, 3.05) is 9.80 Å². The zero-order chi connectivity index (χ0) is 64.2. The van der Waals surface area contributed by atoms with Crippen LogP contribution in [0.15, 0.2) is 304 Å². The van der Waals surface area contributed by atoms with E-state index >= 15 is 0 Å². The second kappa shape index (κ2) is 19.6. The van der Waals surface area contributed by atoms with Gasteiger partial charge in [0, 0.05) is 99.6 Å². The molecule has 97 heavy (non-hydrogen) atoms. The van der Waals surface area contributed by atoms with Crippen LogP contribution >= 0.6 is 0 Å². The van der Waals surface area contributed by atoms with Gasteiger partial charge in [0.05, 0.1) is 44.8 Å². The molecular weight excluding hydrogens is 1190 g/mol. The topological polar surface area (TPSA) is 55.8 Å². The maximum absolute atomic E-state index is 7.13. The Hall–Kier alpha value is -12.3. The van der Waals surface area contributed by atoms with Crippen molar-refractivity contribution in [3.63, 3.8) is 0 Å². The van der Waals surface area contributed by atoms with Gasteiger partial charge >= 0.3 is 0 Å². The summed E-state index contributed by atoms with van der Waals surface area (Å²) in [6.45, 7) is 9.49. The molecular formula is C90H60N4O3. The zero-order valence-corrected chi connectivity index (χ0v) is 53.7. The van der Waals surface area contributed by atoms with E-state index in [2.05, 4.69) is 338 Å². The first kappa shape index (κ1) is 54.1. The Kier molecular flexibility index (Phi) is 11.0. The standard InChI is InChI=1S/C90H60N4O3/c1-89(2)71-35-15-11-27-57(71)63-31-19-39-75(85(63)89)91(77-41-21-33-65-59-29-13-17-37-73(59)93(87(65)77)53-23-7-5-8-24-53)55-43-45-61-67-49-83-69(51-81(67)95-79(61)47-55)70-52-82-68(50-84(70)97-83)62-46-44-56(48-80(62)96-82)92(76-40-20-32-64-58-28-12-16-36-72(58)90(3,4)86(64)76)78-42-22-34-66-60-30-14-18-38-74(60)94(88(66)78)54-25-9-6-10-26-54/h5-52H,1-4H3. The summed E-state index contributed by atoms with van der Waals surface area (Å²) in [6, 6.07) is 106. The highest BCUT2D eigenvalue weighted by Crippen LogP contribution is 2.58. The normalized spacial score (nSPS) is 13.7. The number of anilines is 6. The Morgan fingerprint density at radius 1 is 0.258 bits per heavy atom. The van der Waals surface area contributed by atoms with Gasteiger partial charge in [-0.2, -0.15) is 0 Å². The van der Waals surface area contributed by atoms with Crippen molar-refractivity contribution in [3.8, 4) is 33.6 Å². The molecule has 0 amide bonds. The van der Waals surface area contributed by atoms with Gasteiger partial charge in [0.2, 0.25) is 0 Å². The minimum atomic E-state index is -0.295. The van der Waals surface area contributed by atoms with Gasteiger partial charge in [-0.15, -0.1) is 0 Å². The third-order valence-corrected chi connectivity index (χ3v) is 21.6. The van der Waals surface area contributed by atoms with Crippen molar-refractivity contribution >= 4 is 144 Å². The van der Waals surface area contributed by atoms with Crippen LogP contribution < -0.4 is 9.80 Å². The van der Waals surface area contributed by atoms with Gasteiger partial charge in [0.15, 0.2) is 0 Å². The van der Waals surface area contributed by atoms with Crippen LogP contribution in [0.1, 0.15) is 49.9 Å². The lowest BCUT2D eigenvalue weighted by atomic mass is 9.81. The fourth-order valence-corrected chi connectivity index (χ4v) is 17.4. The van der Waals surface area contributed by atoms with Gasteiger partial charge in [-0.1, -0.05) is 198 Å². The van der Waals surface area contributed by atoms with Crippen molar-refractivity contribution in [2.45, 2.75) is 38.5 Å². The van der Waals surface area contributed by atoms with E-state index < -0.39 is 0 Å². The van der Waals surface area contributed by atoms with Crippen molar-refractivity contribution in [1.82, 2.24) is 9.13 Å². The molecule has 2 aliphatic carbocycles. The van der Waals surface area contributed by atoms with Crippen LogP contribution in [0, 0.1) is 0 Å². The van der Waals surface area contributed by atoms with Gasteiger partial charge in [-0.05, 0) is 154 Å². The van der Waals surface area contributed by atoms with Crippen molar-refractivity contribution < 1.29 is 13.3 Å². The summed E-state index contributed by atoms with van der Waals surface area (Å²) >= 11 is 0. The molecule has 458 valence electrons. The summed E-state index contributed by atoms with van der Waals surface area (Å²) in [7, 11) is 0. The summed E-state index contributed by atoms with van der Waals surface area (Å²) < 4.78 is 26.1. The number of fused-ring (bicyclic) bond motifs is 21. The number of benzene rings is 14. The van der Waals surface area contributed by atoms with Gasteiger partial charge in [0.1, 0.15) is 33.5 Å². The molecule has 0 N–H and O–H groups in total. The third kappa shape index (κ3) is 7.45. The maximum atomic E-state index is 7.13. The first-order chi connectivity index (χ1) is 47.6. The third-order valence-electron chi connectivity index (χ3n) is 21.6. The average molecular weight is 1250 g/mol. The Balaban J connectivity index is 0.728. The Labute approximate surface area is 558 Å². The number of hydrogen-bond acceptors (Lipinski definition) is 5. The Morgan fingerprint density at radius 3 is 1.02 bits per heavy atom. The van der Waals surface area contributed by atoms with Crippen LogP contribution in [0.5, 0.6) is 0 Å². The lowest BCUT2D eigenvalue weighted by molar-refractivity contribution is 0.660. The summed E-state index contributed by atoms with van der Waals surface area (Å²) in [4.78, 5) is 4.97. The van der Waals surface area contributed by atoms with Crippen LogP contribution in [0.25, 0.3) is 143 Å². The molecule has 0 bridgehead atoms. The Morgan fingerprint density at radius 2 is 0.588 bits per heavy atom. The highest BCUT2D eigenvalue weighted by Gasteiger charge is 2.41. The molecule has 21 rings (SSSR count). The molecule has 0 aliphatic heterocycles. The Bertz CT molecular complexity index is 6190. The van der Waals surface area contributed by atoms with Crippen LogP contribution in [0.2, 0.25) is 0 Å². The molecule has 5 aromatic heterocycles. The van der Waals surface area contributed by atoms with Gasteiger partial charge in [0.25, 0.3) is 0 Å². The lowest BCUT2D eigenvalue weighted by Crippen LogP contribution is -2.21. The molecule has 0 fully saturated rings. The summed E-state index contributed by atoms with van der Waals surface area (Å²) in [5, 5.41) is 10.7. The highest BCUT2D eigenvalue weighted by molar-refractivity contribution is 6.21. The summed E-state index contributed by atoms with van der Waals surface area (Å²) in [5.74, 6) is 0. The molecule has 0 saturated carbocycles. The molecule has 14 aromatic carbocycles. The van der Waals surface area contributed by atoms with E-state index in [0.717, 1.165) is 133 Å². The molecule has 7 nitrogen and oxygen atoms in total. The summed E-state index contributed by atoms with van der Waals surface area (Å²) in [5.41, 5.74) is 27.5. The van der Waals surface area contributed by atoms with Crippen molar-refractivity contribution in [2.24, 2.45) is 0 Å². The number of hydrogen-bond donors (Lipinski definition) is 0. The zero-order valence-electron chi connectivity index (χ0n) is 53.7. The number of furan rings is 3. The molecule has 0 radical (unpaired) electrons. The molecule has 7 heteroatoms. The van der Waals surface area contributed by atoms with Gasteiger partial charge in [-0.25, -0.2) is 0 Å². The highest BCUT2D eigenvalue weighted by atomic mass is 16.3. The van der Waals surface area contributed by atoms with Crippen LogP contribution in [-0.4, -0.2) is 9.13 Å². The van der Waals surface area contributed by atoms with E-state index in [1.807, 2.05) is 0 Å². The summed E-state index contributed by atoms with van der Waals surface area (Å²) in [6.07, 6.45) is 0. The molecule has 0 saturated heterocycles. The maximum Gasteiger partial charge on any atom is 0.137 e. The monoisotopic (exact) mass is 1240 g/mol. The number of aromatic nitrogens is 2. The van der Waals surface area contributed by atoms with Crippen molar-refractivity contribution in [1.29, 1.82) is 0 Å². The average Bonchev–Trinajstić information content (AvgIpc) is 1.58. The first-order valence-corrected chi connectivity index (χ1v) is 33.6. The number of para-hydroxylation sites is 6. The number of nitrogens with zero attached hydrogens (tertiary/aromatic N) is 4. The van der Waals surface area contributed by atoms with E-state index in [1.54, 1.807) is 0 Å². The largest absolute Gasteiger partial charge is 0.456 e. The van der Waals surface area contributed by atoms with Crippen LogP contribution in [-0.2, 0) is 10.8 Å². The molecule has 19 aromatic rings. The second-order valence-corrected chi connectivity index (χ2v) is 27.5. The molecule has 2 aliphatic rings. The number of rotatable bonds is 8. The minimum Gasteiger partial charge on any atom is -0.456 e. The van der Waals surface area contributed by atoms with E-state index in [-0.39, 0.29) is 10.8 Å². The van der Waals surface area contributed by atoms with E-state index in [0.29, 0.717) is 0 Å². The predicted molar refractivity (Wildman–Crippen MR) is 401 cm³/mol. The van der Waals surface area contributed by atoms with E-state index in [4.69, 9.17) is 13.3 Å². The van der Waals surface area contributed by atoms with Crippen LogP contribution in [0.4, 0.5) is 34.1 Å². The second-order valence-electron chi connectivity index (χ2n) is 27.5. The van der Waals surface area contributed by atoms with Crippen LogP contribution in [0.3, 0.4) is 0 Å². The molecule has 0 spiro atoms. The van der Waals surface area contributed by atoms with Gasteiger partial charge < -0.3 is 32.2 Å². The van der Waals surface area contributed by atoms with Crippen molar-refractivity contribution in [3.05, 3.63) is 313 Å². The smallest absolute Gasteiger partial charge is 0.137 e. The molecule has 5 heterocycles. The first-order valence-electron chi connectivity index (χ1n) is 33.6. The molecule has 0 atom stereocenters. The van der Waals surface area contributed by atoms with Gasteiger partial charge in [-0.3, -0.25) is 0 Å². The lowest BCUT2D eigenvalue weighted by Gasteiger charge is -2.32.